The summed E-state index contributed by atoms with van der Waals surface area (Å²) >= 11 is 0. The van der Waals surface area contributed by atoms with Crippen molar-refractivity contribution in [2.24, 2.45) is 13.0 Å². The third kappa shape index (κ3) is 4.32. The van der Waals surface area contributed by atoms with Gasteiger partial charge in [-0.15, -0.1) is 0 Å². The maximum Gasteiger partial charge on any atom is 0.421 e. The smallest absolute Gasteiger partial charge is 0.421 e. The number of aromatic nitrogens is 3. The highest BCUT2D eigenvalue weighted by atomic mass is 19.4. The number of nitrogens with zero attached hydrogens (tertiary/aromatic N) is 3. The minimum atomic E-state index is -4.54. The zero-order chi connectivity index (χ0) is 19.6. The number of alkyl halides is 3. The van der Waals surface area contributed by atoms with Gasteiger partial charge >= 0.3 is 11.9 Å². The molecule has 3 rings (SSSR count). The molecule has 146 valence electrons. The van der Waals surface area contributed by atoms with Crippen LogP contribution in [0.25, 0.3) is 0 Å². The van der Waals surface area contributed by atoms with Crippen molar-refractivity contribution in [2.45, 2.75) is 19.0 Å². The second-order valence-corrected chi connectivity index (χ2v) is 6.48. The molecule has 0 aromatic carbocycles. The SMILES string of the molecule is Cn1c(=O)cc(N2CCCC(COc3ncccc3C(F)(F)F)C2)[nH]c1=O. The summed E-state index contributed by atoms with van der Waals surface area (Å²) in [5, 5.41) is 0. The molecule has 0 saturated carbocycles. The van der Waals surface area contributed by atoms with Crippen molar-refractivity contribution in [3.05, 3.63) is 50.8 Å². The zero-order valence-corrected chi connectivity index (χ0v) is 14.6. The molecule has 1 unspecified atom stereocenters. The number of aromatic amines is 1. The van der Waals surface area contributed by atoms with Crippen LogP contribution in [-0.2, 0) is 13.2 Å². The van der Waals surface area contributed by atoms with Crippen LogP contribution in [0.5, 0.6) is 5.88 Å². The van der Waals surface area contributed by atoms with E-state index in [1.807, 2.05) is 4.90 Å². The Balaban J connectivity index is 1.70. The molecule has 1 aliphatic heterocycles. The van der Waals surface area contributed by atoms with Crippen molar-refractivity contribution in [1.29, 1.82) is 0 Å². The van der Waals surface area contributed by atoms with E-state index in [1.54, 1.807) is 0 Å². The number of H-pyrrole nitrogens is 1. The molecule has 0 spiro atoms. The molecular formula is C17H19F3N4O3. The minimum Gasteiger partial charge on any atom is -0.477 e. The van der Waals surface area contributed by atoms with Gasteiger partial charge in [-0.3, -0.25) is 14.3 Å². The minimum absolute atomic E-state index is 0.0607. The van der Waals surface area contributed by atoms with E-state index in [0.29, 0.717) is 18.9 Å². The highest BCUT2D eigenvalue weighted by Gasteiger charge is 2.35. The standard InChI is InChI=1S/C17H19F3N4O3/c1-23-14(25)8-13(22-16(23)26)24-7-3-4-11(9-24)10-27-15-12(17(18,19)20)5-2-6-21-15/h2,5-6,8,11H,3-4,7,9-10H2,1H3,(H,22,26). The van der Waals surface area contributed by atoms with Gasteiger partial charge in [-0.1, -0.05) is 0 Å². The van der Waals surface area contributed by atoms with E-state index in [1.165, 1.54) is 25.4 Å². The monoisotopic (exact) mass is 384 g/mol. The van der Waals surface area contributed by atoms with E-state index in [4.69, 9.17) is 4.74 Å². The number of nitrogens with one attached hydrogen (secondary N) is 1. The first kappa shape index (κ1) is 19.0. The number of anilines is 1. The fourth-order valence-electron chi connectivity index (χ4n) is 3.05. The first-order valence-corrected chi connectivity index (χ1v) is 8.46. The zero-order valence-electron chi connectivity index (χ0n) is 14.6. The molecule has 0 aliphatic carbocycles. The quantitative estimate of drug-likeness (QED) is 0.869. The number of ether oxygens (including phenoxy) is 1. The lowest BCUT2D eigenvalue weighted by Crippen LogP contribution is -2.41. The van der Waals surface area contributed by atoms with Gasteiger partial charge in [0.2, 0.25) is 5.88 Å². The molecule has 1 atom stereocenters. The molecule has 1 fully saturated rings. The van der Waals surface area contributed by atoms with Crippen LogP contribution in [0.4, 0.5) is 19.0 Å². The Hall–Kier alpha value is -2.78. The normalized spacial score (nSPS) is 17.8. The molecule has 1 saturated heterocycles. The van der Waals surface area contributed by atoms with E-state index in [-0.39, 0.29) is 12.5 Å². The Bertz CT molecular complexity index is 891. The van der Waals surface area contributed by atoms with Gasteiger partial charge in [0, 0.05) is 38.3 Å². The van der Waals surface area contributed by atoms with E-state index in [0.717, 1.165) is 23.5 Å². The molecular weight excluding hydrogens is 365 g/mol. The van der Waals surface area contributed by atoms with Gasteiger partial charge in [0.15, 0.2) is 0 Å². The first-order chi connectivity index (χ1) is 12.8. The van der Waals surface area contributed by atoms with Crippen LogP contribution in [0.15, 0.2) is 34.0 Å². The topological polar surface area (TPSA) is 80.2 Å². The Morgan fingerprint density at radius 3 is 2.85 bits per heavy atom. The highest BCUT2D eigenvalue weighted by molar-refractivity contribution is 5.37. The molecule has 2 aromatic heterocycles. The Morgan fingerprint density at radius 1 is 1.37 bits per heavy atom. The van der Waals surface area contributed by atoms with Gasteiger partial charge in [0.05, 0.1) is 6.61 Å². The summed E-state index contributed by atoms with van der Waals surface area (Å²) in [6.07, 6.45) is -1.76. The lowest BCUT2D eigenvalue weighted by Gasteiger charge is -2.33. The fourth-order valence-corrected chi connectivity index (χ4v) is 3.05. The number of rotatable bonds is 4. The molecule has 7 nitrogen and oxygen atoms in total. The number of hydrogen-bond donors (Lipinski definition) is 1. The summed E-state index contributed by atoms with van der Waals surface area (Å²) < 4.78 is 45.4. The largest absolute Gasteiger partial charge is 0.477 e. The molecule has 1 N–H and O–H groups in total. The van der Waals surface area contributed by atoms with Crippen LogP contribution in [0, 0.1) is 5.92 Å². The lowest BCUT2D eigenvalue weighted by molar-refractivity contribution is -0.139. The summed E-state index contributed by atoms with van der Waals surface area (Å²) in [6.45, 7) is 1.15. The van der Waals surface area contributed by atoms with E-state index in [2.05, 4.69) is 9.97 Å². The van der Waals surface area contributed by atoms with Crippen LogP contribution in [0.1, 0.15) is 18.4 Å². The van der Waals surface area contributed by atoms with Gasteiger partial charge in [-0.2, -0.15) is 13.2 Å². The molecule has 2 aromatic rings. The Kier molecular flexibility index (Phi) is 5.24. The van der Waals surface area contributed by atoms with Crippen molar-refractivity contribution in [3.63, 3.8) is 0 Å². The van der Waals surface area contributed by atoms with Gasteiger partial charge in [-0.25, -0.2) is 9.78 Å². The third-order valence-corrected chi connectivity index (χ3v) is 4.52. The average molecular weight is 384 g/mol. The fraction of sp³-hybridized carbons (Fsp3) is 0.471. The number of piperidine rings is 1. The average Bonchev–Trinajstić information content (AvgIpc) is 2.64. The van der Waals surface area contributed by atoms with Crippen molar-refractivity contribution in [1.82, 2.24) is 14.5 Å². The van der Waals surface area contributed by atoms with Crippen molar-refractivity contribution >= 4 is 5.82 Å². The van der Waals surface area contributed by atoms with Crippen molar-refractivity contribution < 1.29 is 17.9 Å². The summed E-state index contributed by atoms with van der Waals surface area (Å²) in [6, 6.07) is 3.48. The molecule has 0 radical (unpaired) electrons. The summed E-state index contributed by atoms with van der Waals surface area (Å²) in [5.74, 6) is -0.0971. The van der Waals surface area contributed by atoms with Crippen LogP contribution in [0.2, 0.25) is 0 Å². The van der Waals surface area contributed by atoms with Crippen molar-refractivity contribution in [3.8, 4) is 5.88 Å². The molecule has 3 heterocycles. The lowest BCUT2D eigenvalue weighted by atomic mass is 9.99. The number of hydrogen-bond acceptors (Lipinski definition) is 5. The number of halogens is 3. The summed E-state index contributed by atoms with van der Waals surface area (Å²) in [7, 11) is 1.38. The summed E-state index contributed by atoms with van der Waals surface area (Å²) in [4.78, 5) is 31.7. The van der Waals surface area contributed by atoms with Gasteiger partial charge in [-0.05, 0) is 25.0 Å². The summed E-state index contributed by atoms with van der Waals surface area (Å²) in [5.41, 5.74) is -1.84. The third-order valence-electron chi connectivity index (χ3n) is 4.52. The second kappa shape index (κ2) is 7.45. The Morgan fingerprint density at radius 2 is 2.15 bits per heavy atom. The molecule has 0 amide bonds. The molecule has 0 bridgehead atoms. The first-order valence-electron chi connectivity index (χ1n) is 8.46. The van der Waals surface area contributed by atoms with Crippen molar-refractivity contribution in [2.75, 3.05) is 24.6 Å². The predicted molar refractivity (Wildman–Crippen MR) is 92.0 cm³/mol. The second-order valence-electron chi connectivity index (χ2n) is 6.48. The molecule has 1 aliphatic rings. The van der Waals surface area contributed by atoms with Gasteiger partial charge in [0.25, 0.3) is 5.56 Å². The number of pyridine rings is 1. The van der Waals surface area contributed by atoms with Crippen LogP contribution >= 0.6 is 0 Å². The highest BCUT2D eigenvalue weighted by Crippen LogP contribution is 2.35. The van der Waals surface area contributed by atoms with E-state index >= 15 is 0 Å². The van der Waals surface area contributed by atoms with Gasteiger partial charge in [0.1, 0.15) is 11.4 Å². The van der Waals surface area contributed by atoms with Crippen LogP contribution < -0.4 is 20.9 Å². The molecule has 27 heavy (non-hydrogen) atoms. The van der Waals surface area contributed by atoms with Gasteiger partial charge < -0.3 is 9.64 Å². The van der Waals surface area contributed by atoms with Crippen LogP contribution in [-0.4, -0.2) is 34.2 Å². The maximum atomic E-state index is 13.0. The van der Waals surface area contributed by atoms with Crippen LogP contribution in [0.3, 0.4) is 0 Å². The maximum absolute atomic E-state index is 13.0. The van der Waals surface area contributed by atoms with E-state index in [9.17, 15) is 22.8 Å². The predicted octanol–water partition coefficient (Wildman–Crippen LogP) is 1.78. The Labute approximate surface area is 152 Å². The molecule has 10 heteroatoms. The van der Waals surface area contributed by atoms with E-state index < -0.39 is 28.9 Å².